The first-order valence-electron chi connectivity index (χ1n) is 7.80. The molecule has 1 aromatic heterocycles. The first-order chi connectivity index (χ1) is 11.5. The zero-order chi connectivity index (χ0) is 17.5. The highest BCUT2D eigenvalue weighted by atomic mass is 19.1. The average Bonchev–Trinajstić information content (AvgIpc) is 2.61. The number of ether oxygens (including phenoxy) is 1. The van der Waals surface area contributed by atoms with Gasteiger partial charge in [-0.05, 0) is 55.8 Å². The lowest BCUT2D eigenvalue weighted by molar-refractivity contribution is 0.179. The Bertz CT molecular complexity index is 649. The quantitative estimate of drug-likeness (QED) is 0.883. The van der Waals surface area contributed by atoms with Crippen LogP contribution in [0.4, 0.5) is 9.18 Å². The number of pyridine rings is 1. The van der Waals surface area contributed by atoms with E-state index in [-0.39, 0.29) is 24.0 Å². The summed E-state index contributed by atoms with van der Waals surface area (Å²) in [6.45, 7) is 4.15. The maximum Gasteiger partial charge on any atom is 0.317 e. The van der Waals surface area contributed by atoms with E-state index >= 15 is 0 Å². The summed E-state index contributed by atoms with van der Waals surface area (Å²) in [6.07, 6.45) is 3.18. The van der Waals surface area contributed by atoms with Crippen molar-refractivity contribution in [3.63, 3.8) is 0 Å². The summed E-state index contributed by atoms with van der Waals surface area (Å²) in [7, 11) is 1.74. The van der Waals surface area contributed by atoms with Crippen LogP contribution < -0.4 is 10.1 Å². The van der Waals surface area contributed by atoms with E-state index in [1.54, 1.807) is 36.5 Å². The maximum absolute atomic E-state index is 12.9. The van der Waals surface area contributed by atoms with Gasteiger partial charge in [0.2, 0.25) is 0 Å². The Morgan fingerprint density at radius 1 is 1.21 bits per heavy atom. The van der Waals surface area contributed by atoms with Gasteiger partial charge >= 0.3 is 6.03 Å². The molecule has 1 heterocycles. The first-order valence-corrected chi connectivity index (χ1v) is 7.80. The van der Waals surface area contributed by atoms with Crippen molar-refractivity contribution in [2.75, 3.05) is 13.6 Å². The maximum atomic E-state index is 12.9. The summed E-state index contributed by atoms with van der Waals surface area (Å²) < 4.78 is 18.5. The molecule has 0 saturated heterocycles. The van der Waals surface area contributed by atoms with E-state index in [2.05, 4.69) is 10.3 Å². The predicted molar refractivity (Wildman–Crippen MR) is 90.3 cm³/mol. The lowest BCUT2D eigenvalue weighted by atomic mass is 10.1. The fraction of sp³-hybridized carbons (Fsp3) is 0.333. The van der Waals surface area contributed by atoms with E-state index < -0.39 is 0 Å². The number of hydrogen-bond donors (Lipinski definition) is 1. The van der Waals surface area contributed by atoms with Crippen LogP contribution in [-0.4, -0.2) is 35.6 Å². The van der Waals surface area contributed by atoms with Crippen LogP contribution in [0, 0.1) is 5.82 Å². The normalized spacial score (nSPS) is 13.0. The minimum absolute atomic E-state index is 0.0682. The Labute approximate surface area is 141 Å². The number of amides is 2. The Balaban J connectivity index is 1.82. The summed E-state index contributed by atoms with van der Waals surface area (Å²) in [6, 6.07) is 9.31. The van der Waals surface area contributed by atoms with E-state index in [0.29, 0.717) is 12.3 Å². The highest BCUT2D eigenvalue weighted by Gasteiger charge is 2.17. The number of aromatic nitrogens is 1. The number of rotatable bonds is 6. The molecule has 128 valence electrons. The third-order valence-electron chi connectivity index (χ3n) is 3.78. The third-order valence-corrected chi connectivity index (χ3v) is 3.78. The van der Waals surface area contributed by atoms with Crippen LogP contribution >= 0.6 is 0 Å². The number of carbonyl (C=O) groups is 1. The Kier molecular flexibility index (Phi) is 6.12. The summed E-state index contributed by atoms with van der Waals surface area (Å²) in [5.74, 6) is 0.256. The fourth-order valence-electron chi connectivity index (χ4n) is 2.18. The average molecular weight is 331 g/mol. The van der Waals surface area contributed by atoms with Crippen LogP contribution in [-0.2, 0) is 0 Å². The van der Waals surface area contributed by atoms with Crippen molar-refractivity contribution < 1.29 is 13.9 Å². The Hall–Kier alpha value is -2.63. The minimum atomic E-state index is -0.310. The van der Waals surface area contributed by atoms with Gasteiger partial charge in [0.25, 0.3) is 0 Å². The highest BCUT2D eigenvalue weighted by Crippen LogP contribution is 2.17. The molecule has 24 heavy (non-hydrogen) atoms. The second kappa shape index (κ2) is 8.29. The van der Waals surface area contributed by atoms with Gasteiger partial charge in [0, 0.05) is 19.4 Å². The molecule has 2 rings (SSSR count). The van der Waals surface area contributed by atoms with Crippen LogP contribution in [0.5, 0.6) is 5.75 Å². The van der Waals surface area contributed by atoms with Crippen molar-refractivity contribution in [1.29, 1.82) is 0 Å². The largest absolute Gasteiger partial charge is 0.489 e. The van der Waals surface area contributed by atoms with Crippen molar-refractivity contribution in [3.05, 3.63) is 60.2 Å². The van der Waals surface area contributed by atoms with E-state index in [1.807, 2.05) is 26.0 Å². The second-order valence-corrected chi connectivity index (χ2v) is 5.64. The number of nitrogens with one attached hydrogen (secondary N) is 1. The number of hydrogen-bond acceptors (Lipinski definition) is 3. The summed E-state index contributed by atoms with van der Waals surface area (Å²) >= 11 is 0. The summed E-state index contributed by atoms with van der Waals surface area (Å²) in [5.41, 5.74) is 1.01. The van der Waals surface area contributed by atoms with Gasteiger partial charge in [0.1, 0.15) is 17.7 Å². The predicted octanol–water partition coefficient (Wildman–Crippen LogP) is 3.39. The molecule has 1 aromatic carbocycles. The van der Waals surface area contributed by atoms with Crippen LogP contribution in [0.2, 0.25) is 0 Å². The number of carbonyl (C=O) groups excluding carboxylic acids is 1. The smallest absolute Gasteiger partial charge is 0.317 e. The molecule has 6 heteroatoms. The van der Waals surface area contributed by atoms with Gasteiger partial charge in [-0.3, -0.25) is 4.98 Å². The molecule has 0 radical (unpaired) electrons. The zero-order valence-corrected chi connectivity index (χ0v) is 14.1. The summed E-state index contributed by atoms with van der Waals surface area (Å²) in [5, 5.41) is 2.84. The van der Waals surface area contributed by atoms with Gasteiger partial charge in [-0.15, -0.1) is 0 Å². The molecule has 0 fully saturated rings. The van der Waals surface area contributed by atoms with Crippen molar-refractivity contribution in [2.24, 2.45) is 0 Å². The van der Waals surface area contributed by atoms with Gasteiger partial charge in [0.15, 0.2) is 0 Å². The third kappa shape index (κ3) is 4.94. The van der Waals surface area contributed by atoms with Crippen molar-refractivity contribution in [3.8, 4) is 5.75 Å². The molecule has 0 bridgehead atoms. The molecule has 0 saturated carbocycles. The van der Waals surface area contributed by atoms with E-state index in [0.717, 1.165) is 5.56 Å². The zero-order valence-electron chi connectivity index (χ0n) is 14.1. The van der Waals surface area contributed by atoms with Crippen LogP contribution in [0.1, 0.15) is 25.5 Å². The first kappa shape index (κ1) is 17.7. The molecule has 5 nitrogen and oxygen atoms in total. The Morgan fingerprint density at radius 3 is 2.46 bits per heavy atom. The number of urea groups is 1. The van der Waals surface area contributed by atoms with E-state index in [4.69, 9.17) is 4.74 Å². The van der Waals surface area contributed by atoms with Gasteiger partial charge < -0.3 is 15.0 Å². The number of benzene rings is 1. The minimum Gasteiger partial charge on any atom is -0.489 e. The van der Waals surface area contributed by atoms with E-state index in [1.165, 1.54) is 12.1 Å². The molecule has 0 aliphatic rings. The molecule has 0 aliphatic heterocycles. The molecule has 2 amide bonds. The monoisotopic (exact) mass is 331 g/mol. The van der Waals surface area contributed by atoms with Crippen LogP contribution in [0.25, 0.3) is 0 Å². The lowest BCUT2D eigenvalue weighted by Crippen LogP contribution is -2.42. The molecular weight excluding hydrogens is 309 g/mol. The number of nitrogens with zero attached hydrogens (tertiary/aromatic N) is 2. The topological polar surface area (TPSA) is 54.5 Å². The Morgan fingerprint density at radius 2 is 1.83 bits per heavy atom. The van der Waals surface area contributed by atoms with Crippen molar-refractivity contribution in [2.45, 2.75) is 26.0 Å². The highest BCUT2D eigenvalue weighted by molar-refractivity contribution is 5.74. The SMILES string of the molecule is CC(CNC(=O)N(C)C(C)c1ccncc1)Oc1ccc(F)cc1. The molecule has 2 unspecified atom stereocenters. The number of halogens is 1. The van der Waals surface area contributed by atoms with Crippen LogP contribution in [0.15, 0.2) is 48.8 Å². The van der Waals surface area contributed by atoms with Gasteiger partial charge in [-0.1, -0.05) is 0 Å². The molecule has 1 N–H and O–H groups in total. The molecular formula is C18H22FN3O2. The van der Waals surface area contributed by atoms with Gasteiger partial charge in [-0.2, -0.15) is 0 Å². The van der Waals surface area contributed by atoms with E-state index in [9.17, 15) is 9.18 Å². The van der Waals surface area contributed by atoms with Gasteiger partial charge in [0.05, 0.1) is 12.6 Å². The van der Waals surface area contributed by atoms with Crippen LogP contribution in [0.3, 0.4) is 0 Å². The molecule has 2 atom stereocenters. The molecule has 0 aliphatic carbocycles. The summed E-state index contributed by atoms with van der Waals surface area (Å²) in [4.78, 5) is 17.9. The molecule has 0 spiro atoms. The fourth-order valence-corrected chi connectivity index (χ4v) is 2.18. The molecule has 2 aromatic rings. The second-order valence-electron chi connectivity index (χ2n) is 5.64. The van der Waals surface area contributed by atoms with Crippen molar-refractivity contribution >= 4 is 6.03 Å². The van der Waals surface area contributed by atoms with Crippen molar-refractivity contribution in [1.82, 2.24) is 15.2 Å². The standard InChI is InChI=1S/C18H22FN3O2/c1-13(24-17-6-4-16(19)5-7-17)12-21-18(23)22(3)14(2)15-8-10-20-11-9-15/h4-11,13-14H,12H2,1-3H3,(H,21,23). The lowest BCUT2D eigenvalue weighted by Gasteiger charge is -2.26. The van der Waals surface area contributed by atoms with Gasteiger partial charge in [-0.25, -0.2) is 9.18 Å².